The Kier molecular flexibility index (Phi) is 7.62. The Morgan fingerprint density at radius 2 is 1.59 bits per heavy atom. The Hall–Kier alpha value is -1.54. The van der Waals surface area contributed by atoms with Crippen LogP contribution in [0.3, 0.4) is 0 Å². The van der Waals surface area contributed by atoms with Gasteiger partial charge in [0.15, 0.2) is 0 Å². The van der Waals surface area contributed by atoms with Crippen molar-refractivity contribution in [2.45, 2.75) is 47.6 Å². The maximum Gasteiger partial charge on any atom is 0.243 e. The summed E-state index contributed by atoms with van der Waals surface area (Å²) in [5.74, 6) is -0.145. The fourth-order valence-corrected chi connectivity index (χ4v) is 5.67. The highest BCUT2D eigenvalue weighted by atomic mass is 35.5. The largest absolute Gasteiger partial charge is 0.325 e. The lowest BCUT2D eigenvalue weighted by atomic mass is 10.2. The highest BCUT2D eigenvalue weighted by Crippen LogP contribution is 2.26. The Balaban J connectivity index is 1.62. The van der Waals surface area contributed by atoms with Crippen molar-refractivity contribution in [2.24, 2.45) is 0 Å². The van der Waals surface area contributed by atoms with Gasteiger partial charge in [-0.2, -0.15) is 4.31 Å². The van der Waals surface area contributed by atoms with E-state index in [0.717, 1.165) is 30.6 Å². The van der Waals surface area contributed by atoms with Crippen molar-refractivity contribution in [3.8, 4) is 0 Å². The number of hydrogen-bond donors (Lipinski definition) is 1. The first-order chi connectivity index (χ1) is 13.9. The summed E-state index contributed by atoms with van der Waals surface area (Å²) < 4.78 is 27.2. The number of nitrogens with one attached hydrogen (secondary N) is 1. The van der Waals surface area contributed by atoms with E-state index in [2.05, 4.69) is 5.32 Å². The van der Waals surface area contributed by atoms with Gasteiger partial charge in [-0.25, -0.2) is 8.42 Å². The summed E-state index contributed by atoms with van der Waals surface area (Å²) in [5, 5.41) is 3.19. The summed E-state index contributed by atoms with van der Waals surface area (Å²) in [7, 11) is -3.49. The molecule has 0 radical (unpaired) electrons. The number of amides is 1. The topological polar surface area (TPSA) is 66.5 Å². The SMILES string of the molecule is C[C@@H](Sc1ccc(Cl)cc1)C(=O)Nc1ccc(S(=O)(=O)N2CCCCCC2)cc1. The average molecular weight is 453 g/mol. The maximum absolute atomic E-state index is 12.8. The van der Waals surface area contributed by atoms with Crippen molar-refractivity contribution < 1.29 is 13.2 Å². The zero-order valence-corrected chi connectivity index (χ0v) is 18.7. The molecule has 0 aliphatic carbocycles. The van der Waals surface area contributed by atoms with Gasteiger partial charge in [-0.05, 0) is 68.3 Å². The van der Waals surface area contributed by atoms with Crippen molar-refractivity contribution in [3.63, 3.8) is 0 Å². The Bertz CT molecular complexity index is 923. The lowest BCUT2D eigenvalue weighted by Crippen LogP contribution is -2.31. The van der Waals surface area contributed by atoms with E-state index in [4.69, 9.17) is 11.6 Å². The van der Waals surface area contributed by atoms with Gasteiger partial charge >= 0.3 is 0 Å². The van der Waals surface area contributed by atoms with Gasteiger partial charge in [0.25, 0.3) is 0 Å². The number of thioether (sulfide) groups is 1. The lowest BCUT2D eigenvalue weighted by molar-refractivity contribution is -0.115. The van der Waals surface area contributed by atoms with Crippen LogP contribution in [0.15, 0.2) is 58.3 Å². The summed E-state index contributed by atoms with van der Waals surface area (Å²) in [5.41, 5.74) is 0.577. The number of carbonyl (C=O) groups excluding carboxylic acids is 1. The van der Waals surface area contributed by atoms with E-state index >= 15 is 0 Å². The molecule has 0 aromatic heterocycles. The van der Waals surface area contributed by atoms with E-state index in [-0.39, 0.29) is 16.1 Å². The molecule has 1 N–H and O–H groups in total. The van der Waals surface area contributed by atoms with Crippen molar-refractivity contribution in [2.75, 3.05) is 18.4 Å². The molecule has 1 atom stereocenters. The van der Waals surface area contributed by atoms with Crippen LogP contribution >= 0.6 is 23.4 Å². The third kappa shape index (κ3) is 5.98. The molecule has 29 heavy (non-hydrogen) atoms. The summed E-state index contributed by atoms with van der Waals surface area (Å²) in [6, 6.07) is 13.7. The van der Waals surface area contributed by atoms with Crippen LogP contribution in [0.1, 0.15) is 32.6 Å². The van der Waals surface area contributed by atoms with Crippen LogP contribution in [0.25, 0.3) is 0 Å². The standard InChI is InChI=1S/C21H25ClN2O3S2/c1-16(28-19-10-6-17(22)7-11-19)21(25)23-18-8-12-20(13-9-18)29(26,27)24-14-4-2-3-5-15-24/h6-13,16H,2-5,14-15H2,1H3,(H,23,25)/t16-/m1/s1. The number of nitrogens with zero attached hydrogens (tertiary/aromatic N) is 1. The molecule has 1 heterocycles. The number of sulfonamides is 1. The Labute approximate surface area is 181 Å². The maximum atomic E-state index is 12.8. The predicted molar refractivity (Wildman–Crippen MR) is 119 cm³/mol. The van der Waals surface area contributed by atoms with Crippen LogP contribution in [0.5, 0.6) is 0 Å². The van der Waals surface area contributed by atoms with Gasteiger partial charge in [0.1, 0.15) is 0 Å². The van der Waals surface area contributed by atoms with E-state index in [1.807, 2.05) is 19.1 Å². The number of halogens is 1. The second-order valence-corrected chi connectivity index (χ2v) is 10.8. The Morgan fingerprint density at radius 1 is 1.00 bits per heavy atom. The predicted octanol–water partition coefficient (Wildman–Crippen LogP) is 5.02. The number of rotatable bonds is 6. The van der Waals surface area contributed by atoms with E-state index in [1.54, 1.807) is 40.7 Å². The smallest absolute Gasteiger partial charge is 0.243 e. The zero-order valence-electron chi connectivity index (χ0n) is 16.3. The van der Waals surface area contributed by atoms with Crippen LogP contribution < -0.4 is 5.32 Å². The highest BCUT2D eigenvalue weighted by Gasteiger charge is 2.25. The van der Waals surface area contributed by atoms with Crippen molar-refractivity contribution in [3.05, 3.63) is 53.6 Å². The van der Waals surface area contributed by atoms with Crippen LogP contribution in [-0.4, -0.2) is 37.0 Å². The normalized spacial score (nSPS) is 16.8. The lowest BCUT2D eigenvalue weighted by Gasteiger charge is -2.20. The monoisotopic (exact) mass is 452 g/mol. The highest BCUT2D eigenvalue weighted by molar-refractivity contribution is 8.00. The van der Waals surface area contributed by atoms with Crippen molar-refractivity contribution in [1.82, 2.24) is 4.31 Å². The average Bonchev–Trinajstić information content (AvgIpc) is 3.00. The van der Waals surface area contributed by atoms with Crippen molar-refractivity contribution in [1.29, 1.82) is 0 Å². The number of hydrogen-bond acceptors (Lipinski definition) is 4. The van der Waals surface area contributed by atoms with E-state index < -0.39 is 10.0 Å². The minimum Gasteiger partial charge on any atom is -0.325 e. The second-order valence-electron chi connectivity index (χ2n) is 7.05. The Morgan fingerprint density at radius 3 is 2.17 bits per heavy atom. The molecule has 0 spiro atoms. The molecule has 1 amide bonds. The fraction of sp³-hybridized carbons (Fsp3) is 0.381. The minimum absolute atomic E-state index is 0.145. The second kappa shape index (κ2) is 9.98. The minimum atomic E-state index is -3.49. The van der Waals surface area contributed by atoms with Crippen LogP contribution in [0, 0.1) is 0 Å². The van der Waals surface area contributed by atoms with Crippen LogP contribution in [0.4, 0.5) is 5.69 Å². The molecule has 0 bridgehead atoms. The molecule has 8 heteroatoms. The summed E-state index contributed by atoms with van der Waals surface area (Å²) in [6.07, 6.45) is 3.94. The molecule has 1 saturated heterocycles. The molecule has 5 nitrogen and oxygen atoms in total. The zero-order chi connectivity index (χ0) is 20.9. The third-order valence-corrected chi connectivity index (χ3v) is 8.10. The van der Waals surface area contributed by atoms with E-state index in [9.17, 15) is 13.2 Å². The van der Waals surface area contributed by atoms with Crippen LogP contribution in [0.2, 0.25) is 5.02 Å². The van der Waals surface area contributed by atoms with E-state index in [1.165, 1.54) is 11.8 Å². The number of anilines is 1. The molecular weight excluding hydrogens is 428 g/mol. The quantitative estimate of drug-likeness (QED) is 0.624. The first-order valence-electron chi connectivity index (χ1n) is 9.69. The van der Waals surface area contributed by atoms with Gasteiger partial charge in [-0.15, -0.1) is 11.8 Å². The van der Waals surface area contributed by atoms with Gasteiger partial charge in [-0.3, -0.25) is 4.79 Å². The van der Waals surface area contributed by atoms with Gasteiger partial charge in [0.05, 0.1) is 10.1 Å². The first kappa shape index (κ1) is 22.2. The number of carbonyl (C=O) groups is 1. The van der Waals surface area contributed by atoms with Gasteiger partial charge in [0, 0.05) is 28.7 Å². The van der Waals surface area contributed by atoms with Crippen molar-refractivity contribution >= 4 is 45.0 Å². The third-order valence-electron chi connectivity index (χ3n) is 4.82. The first-order valence-corrected chi connectivity index (χ1v) is 12.4. The van der Waals surface area contributed by atoms with Gasteiger partial charge in [0.2, 0.25) is 15.9 Å². The summed E-state index contributed by atoms with van der Waals surface area (Å²) in [4.78, 5) is 13.7. The molecule has 156 valence electrons. The number of benzene rings is 2. The molecule has 2 aromatic carbocycles. The van der Waals surface area contributed by atoms with Gasteiger partial charge in [-0.1, -0.05) is 24.4 Å². The van der Waals surface area contributed by atoms with Crippen LogP contribution in [-0.2, 0) is 14.8 Å². The molecule has 3 rings (SSSR count). The van der Waals surface area contributed by atoms with Gasteiger partial charge < -0.3 is 5.32 Å². The molecule has 0 unspecified atom stereocenters. The molecule has 1 aliphatic heterocycles. The molecule has 2 aromatic rings. The molecule has 0 saturated carbocycles. The molecular formula is C21H25ClN2O3S2. The summed E-state index contributed by atoms with van der Waals surface area (Å²) in [6.45, 7) is 2.97. The summed E-state index contributed by atoms with van der Waals surface area (Å²) >= 11 is 7.32. The van der Waals surface area contributed by atoms with E-state index in [0.29, 0.717) is 23.8 Å². The molecule has 1 fully saturated rings. The molecule has 1 aliphatic rings. The fourth-order valence-electron chi connectivity index (χ4n) is 3.16.